The normalized spacial score (nSPS) is 15.8. The summed E-state index contributed by atoms with van der Waals surface area (Å²) in [6.07, 6.45) is -2.74. The number of alkyl halides is 3. The summed E-state index contributed by atoms with van der Waals surface area (Å²) in [5.74, 6) is -0.403. The Kier molecular flexibility index (Phi) is 7.20. The summed E-state index contributed by atoms with van der Waals surface area (Å²) in [7, 11) is 0. The molecule has 1 aliphatic rings. The topological polar surface area (TPSA) is 49.6 Å². The maximum atomic E-state index is 13.3. The van der Waals surface area contributed by atoms with Gasteiger partial charge in [-0.3, -0.25) is 9.69 Å². The van der Waals surface area contributed by atoms with E-state index in [4.69, 9.17) is 17.3 Å². The predicted octanol–water partition coefficient (Wildman–Crippen LogP) is 5.51. The van der Waals surface area contributed by atoms with Crippen LogP contribution in [-0.4, -0.2) is 30.4 Å². The van der Waals surface area contributed by atoms with E-state index < -0.39 is 11.7 Å². The Bertz CT molecular complexity index is 1000. The van der Waals surface area contributed by atoms with Crippen molar-refractivity contribution in [1.82, 2.24) is 4.90 Å². The zero-order valence-electron chi connectivity index (χ0n) is 18.1. The standard InChI is InChI=1S/C24H27ClF3N3O/c1-4-16-6-7-17(10-18(16)12-30-13-19(14-30)23(29)32)15(3)31(5-2)20-8-9-22(25)21(11-20)24(26,27)28/h4,6-11,15,19H,1,5,12-14H2,2-3H3,(H2,29,32). The Morgan fingerprint density at radius 2 is 2.00 bits per heavy atom. The lowest BCUT2D eigenvalue weighted by molar-refractivity contribution is -0.137. The average Bonchev–Trinajstić information content (AvgIpc) is 2.70. The van der Waals surface area contributed by atoms with E-state index in [2.05, 4.69) is 17.5 Å². The highest BCUT2D eigenvalue weighted by Gasteiger charge is 2.34. The van der Waals surface area contributed by atoms with Crippen molar-refractivity contribution in [2.75, 3.05) is 24.5 Å². The number of hydrogen-bond acceptors (Lipinski definition) is 3. The molecule has 1 unspecified atom stereocenters. The van der Waals surface area contributed by atoms with Gasteiger partial charge in [0.2, 0.25) is 5.91 Å². The van der Waals surface area contributed by atoms with Crippen molar-refractivity contribution in [1.29, 1.82) is 0 Å². The maximum Gasteiger partial charge on any atom is 0.417 e. The van der Waals surface area contributed by atoms with Crippen LogP contribution in [-0.2, 0) is 17.5 Å². The highest BCUT2D eigenvalue weighted by atomic mass is 35.5. The molecule has 3 rings (SSSR count). The van der Waals surface area contributed by atoms with Crippen LogP contribution >= 0.6 is 11.6 Å². The van der Waals surface area contributed by atoms with Crippen molar-refractivity contribution in [3.63, 3.8) is 0 Å². The molecule has 0 saturated carbocycles. The van der Waals surface area contributed by atoms with Gasteiger partial charge in [0.1, 0.15) is 0 Å². The highest BCUT2D eigenvalue weighted by molar-refractivity contribution is 6.31. The van der Waals surface area contributed by atoms with E-state index in [1.54, 1.807) is 12.1 Å². The minimum absolute atomic E-state index is 0.118. The molecule has 1 heterocycles. The van der Waals surface area contributed by atoms with Gasteiger partial charge in [0.15, 0.2) is 0 Å². The number of likely N-dealkylation sites (tertiary alicyclic amines) is 1. The molecule has 1 aliphatic heterocycles. The molecular formula is C24H27ClF3N3O. The Morgan fingerprint density at radius 1 is 1.31 bits per heavy atom. The van der Waals surface area contributed by atoms with Crippen molar-refractivity contribution in [3.05, 3.63) is 70.3 Å². The quantitative estimate of drug-likeness (QED) is 0.559. The molecule has 1 saturated heterocycles. The SMILES string of the molecule is C=Cc1ccc(C(C)N(CC)c2ccc(Cl)c(C(F)(F)F)c2)cc1CN1CC(C(N)=O)C1. The average molecular weight is 466 g/mol. The lowest BCUT2D eigenvalue weighted by Gasteiger charge is -2.38. The van der Waals surface area contributed by atoms with Gasteiger partial charge >= 0.3 is 6.18 Å². The maximum absolute atomic E-state index is 13.3. The van der Waals surface area contributed by atoms with E-state index in [0.29, 0.717) is 31.9 Å². The van der Waals surface area contributed by atoms with E-state index in [0.717, 1.165) is 22.8 Å². The summed E-state index contributed by atoms with van der Waals surface area (Å²) in [6.45, 7) is 10.2. The second kappa shape index (κ2) is 9.55. The molecule has 172 valence electrons. The number of anilines is 1. The van der Waals surface area contributed by atoms with Crippen molar-refractivity contribution in [2.45, 2.75) is 32.6 Å². The van der Waals surface area contributed by atoms with Crippen molar-refractivity contribution in [2.24, 2.45) is 11.7 Å². The third-order valence-corrected chi connectivity index (χ3v) is 6.35. The first-order valence-electron chi connectivity index (χ1n) is 10.5. The molecule has 32 heavy (non-hydrogen) atoms. The molecule has 1 amide bonds. The third-order valence-electron chi connectivity index (χ3n) is 6.02. The molecule has 0 bridgehead atoms. The van der Waals surface area contributed by atoms with E-state index in [-0.39, 0.29) is 22.9 Å². The molecular weight excluding hydrogens is 439 g/mol. The third kappa shape index (κ3) is 5.10. The molecule has 4 nitrogen and oxygen atoms in total. The van der Waals surface area contributed by atoms with Gasteiger partial charge < -0.3 is 10.6 Å². The Hall–Kier alpha value is -2.51. The smallest absolute Gasteiger partial charge is 0.369 e. The number of carbonyl (C=O) groups is 1. The molecule has 2 aromatic rings. The summed E-state index contributed by atoms with van der Waals surface area (Å²) in [5, 5.41) is -0.314. The van der Waals surface area contributed by atoms with Crippen LogP contribution < -0.4 is 10.6 Å². The van der Waals surface area contributed by atoms with Crippen LogP contribution in [0, 0.1) is 5.92 Å². The fourth-order valence-corrected chi connectivity index (χ4v) is 4.34. The van der Waals surface area contributed by atoms with Crippen LogP contribution in [0.4, 0.5) is 18.9 Å². The van der Waals surface area contributed by atoms with Crippen molar-refractivity contribution in [3.8, 4) is 0 Å². The minimum Gasteiger partial charge on any atom is -0.369 e. The van der Waals surface area contributed by atoms with Crippen LogP contribution in [0.25, 0.3) is 6.08 Å². The summed E-state index contributed by atoms with van der Waals surface area (Å²) in [5.41, 5.74) is 7.98. The molecule has 1 fully saturated rings. The van der Waals surface area contributed by atoms with Gasteiger partial charge in [-0.15, -0.1) is 0 Å². The van der Waals surface area contributed by atoms with Crippen LogP contribution in [0.5, 0.6) is 0 Å². The number of primary amides is 1. The van der Waals surface area contributed by atoms with E-state index in [9.17, 15) is 18.0 Å². The number of halogens is 4. The van der Waals surface area contributed by atoms with Crippen molar-refractivity contribution >= 4 is 29.3 Å². The first-order chi connectivity index (χ1) is 15.0. The van der Waals surface area contributed by atoms with E-state index in [1.165, 1.54) is 6.07 Å². The van der Waals surface area contributed by atoms with E-state index >= 15 is 0 Å². The van der Waals surface area contributed by atoms with Gasteiger partial charge in [-0.1, -0.05) is 42.5 Å². The first kappa shape index (κ1) is 24.1. The van der Waals surface area contributed by atoms with Crippen molar-refractivity contribution < 1.29 is 18.0 Å². The number of amides is 1. The zero-order valence-corrected chi connectivity index (χ0v) is 18.9. The molecule has 0 spiro atoms. The van der Waals surface area contributed by atoms with Gasteiger partial charge in [-0.2, -0.15) is 13.2 Å². The Morgan fingerprint density at radius 3 is 2.56 bits per heavy atom. The van der Waals surface area contributed by atoms with Crippen LogP contribution in [0.15, 0.2) is 43.0 Å². The number of nitrogens with zero attached hydrogens (tertiary/aromatic N) is 2. The summed E-state index contributed by atoms with van der Waals surface area (Å²) in [4.78, 5) is 15.3. The lowest BCUT2D eigenvalue weighted by atomic mass is 9.95. The number of hydrogen-bond donors (Lipinski definition) is 1. The lowest BCUT2D eigenvalue weighted by Crippen LogP contribution is -2.51. The highest BCUT2D eigenvalue weighted by Crippen LogP contribution is 2.38. The van der Waals surface area contributed by atoms with Crippen LogP contribution in [0.1, 0.15) is 42.1 Å². The Labute approximate surface area is 191 Å². The predicted molar refractivity (Wildman–Crippen MR) is 122 cm³/mol. The monoisotopic (exact) mass is 465 g/mol. The molecule has 2 aromatic carbocycles. The second-order valence-corrected chi connectivity index (χ2v) is 8.49. The second-order valence-electron chi connectivity index (χ2n) is 8.08. The summed E-state index contributed by atoms with van der Waals surface area (Å²) in [6, 6.07) is 9.83. The number of benzene rings is 2. The zero-order chi connectivity index (χ0) is 23.6. The van der Waals surface area contributed by atoms with Gasteiger partial charge in [0.25, 0.3) is 0 Å². The number of nitrogens with two attached hydrogens (primary N) is 1. The molecule has 0 aromatic heterocycles. The van der Waals surface area contributed by atoms with Gasteiger partial charge in [-0.25, -0.2) is 0 Å². The molecule has 0 aliphatic carbocycles. The molecule has 8 heteroatoms. The van der Waals surface area contributed by atoms with Crippen LogP contribution in [0.2, 0.25) is 5.02 Å². The van der Waals surface area contributed by atoms with Crippen LogP contribution in [0.3, 0.4) is 0 Å². The number of carbonyl (C=O) groups excluding carboxylic acids is 1. The summed E-state index contributed by atoms with van der Waals surface area (Å²) < 4.78 is 40.0. The fourth-order valence-electron chi connectivity index (χ4n) is 4.11. The van der Waals surface area contributed by atoms with E-state index in [1.807, 2.05) is 30.9 Å². The van der Waals surface area contributed by atoms with Gasteiger partial charge in [-0.05, 0) is 48.7 Å². The molecule has 0 radical (unpaired) electrons. The van der Waals surface area contributed by atoms with Gasteiger partial charge in [0.05, 0.1) is 22.5 Å². The minimum atomic E-state index is -4.52. The Balaban J connectivity index is 1.86. The van der Waals surface area contributed by atoms with Gasteiger partial charge in [0, 0.05) is 31.9 Å². The largest absolute Gasteiger partial charge is 0.417 e. The first-order valence-corrected chi connectivity index (χ1v) is 10.8. The summed E-state index contributed by atoms with van der Waals surface area (Å²) >= 11 is 5.80. The number of rotatable bonds is 8. The fraction of sp³-hybridized carbons (Fsp3) is 0.375. The molecule has 2 N–H and O–H groups in total. The molecule has 1 atom stereocenters.